The highest BCUT2D eigenvalue weighted by Gasteiger charge is 2.20. The fourth-order valence-electron chi connectivity index (χ4n) is 2.35. The van der Waals surface area contributed by atoms with Gasteiger partial charge in [-0.15, -0.1) is 12.4 Å². The molecule has 0 aliphatic carbocycles. The molecule has 19 heavy (non-hydrogen) atoms. The minimum Gasteiger partial charge on any atom is -0.341 e. The lowest BCUT2D eigenvalue weighted by molar-refractivity contribution is -0.131. The molecule has 1 aromatic rings. The van der Waals surface area contributed by atoms with Crippen LogP contribution in [0.3, 0.4) is 0 Å². The normalized spacial score (nSPS) is 17.9. The van der Waals surface area contributed by atoms with E-state index in [4.69, 9.17) is 0 Å². The van der Waals surface area contributed by atoms with Crippen molar-refractivity contribution >= 4 is 18.3 Å². The summed E-state index contributed by atoms with van der Waals surface area (Å²) in [5, 5.41) is 3.30. The quantitative estimate of drug-likeness (QED) is 0.920. The molecule has 3 nitrogen and oxygen atoms in total. The molecule has 0 saturated carbocycles. The maximum atomic E-state index is 12.1. The Balaban J connectivity index is 0.00000180. The first-order chi connectivity index (χ1) is 8.65. The Morgan fingerprint density at radius 1 is 1.37 bits per heavy atom. The summed E-state index contributed by atoms with van der Waals surface area (Å²) in [6.45, 7) is 4.83. The summed E-state index contributed by atoms with van der Waals surface area (Å²) in [6.07, 6.45) is 1.81. The molecule has 0 spiro atoms. The highest BCUT2D eigenvalue weighted by molar-refractivity contribution is 5.85. The van der Waals surface area contributed by atoms with Crippen molar-refractivity contribution in [3.63, 3.8) is 0 Å². The molecule has 1 atom stereocenters. The molecule has 2 rings (SSSR count). The lowest BCUT2D eigenvalue weighted by atomic mass is 10.0. The number of nitrogens with zero attached hydrogens (tertiary/aromatic N) is 1. The van der Waals surface area contributed by atoms with Gasteiger partial charge in [0.1, 0.15) is 0 Å². The lowest BCUT2D eigenvalue weighted by Gasteiger charge is -2.19. The number of nitrogens with one attached hydrogen (secondary N) is 1. The van der Waals surface area contributed by atoms with Gasteiger partial charge in [-0.3, -0.25) is 4.79 Å². The summed E-state index contributed by atoms with van der Waals surface area (Å²) >= 11 is 0. The molecular weight excluding hydrogens is 260 g/mol. The second-order valence-corrected chi connectivity index (χ2v) is 5.30. The summed E-state index contributed by atoms with van der Waals surface area (Å²) in [5.74, 6) is 0.780. The molecule has 0 radical (unpaired) electrons. The highest BCUT2D eigenvalue weighted by atomic mass is 35.5. The summed E-state index contributed by atoms with van der Waals surface area (Å²) in [5.41, 5.74) is 2.45. The van der Waals surface area contributed by atoms with Gasteiger partial charge in [0.05, 0.1) is 0 Å². The molecule has 1 aromatic carbocycles. The Morgan fingerprint density at radius 3 is 2.63 bits per heavy atom. The first kappa shape index (κ1) is 16.0. The van der Waals surface area contributed by atoms with Crippen LogP contribution >= 0.6 is 12.4 Å². The van der Waals surface area contributed by atoms with Crippen molar-refractivity contribution in [3.8, 4) is 0 Å². The van der Waals surface area contributed by atoms with Gasteiger partial charge in [0.15, 0.2) is 0 Å². The Bertz CT molecular complexity index is 399. The summed E-state index contributed by atoms with van der Waals surface area (Å²) in [6, 6.07) is 8.37. The molecular formula is C15H23ClN2O. The highest BCUT2D eigenvalue weighted by Crippen LogP contribution is 2.14. The predicted octanol–water partition coefficient (Wildman–Crippen LogP) is 2.37. The van der Waals surface area contributed by atoms with E-state index in [0.29, 0.717) is 18.9 Å². The lowest BCUT2D eigenvalue weighted by Crippen LogP contribution is -2.28. The monoisotopic (exact) mass is 282 g/mol. The molecule has 1 saturated heterocycles. The van der Waals surface area contributed by atoms with Crippen LogP contribution < -0.4 is 5.32 Å². The summed E-state index contributed by atoms with van der Waals surface area (Å²) in [4.78, 5) is 13.9. The summed E-state index contributed by atoms with van der Waals surface area (Å²) < 4.78 is 0. The largest absolute Gasteiger partial charge is 0.341 e. The van der Waals surface area contributed by atoms with Crippen LogP contribution in [-0.4, -0.2) is 30.9 Å². The van der Waals surface area contributed by atoms with Gasteiger partial charge in [-0.2, -0.15) is 0 Å². The maximum Gasteiger partial charge on any atom is 0.222 e. The van der Waals surface area contributed by atoms with E-state index >= 15 is 0 Å². The Morgan fingerprint density at radius 2 is 2.05 bits per heavy atom. The van der Waals surface area contributed by atoms with Gasteiger partial charge in [0, 0.05) is 20.0 Å². The zero-order valence-corrected chi connectivity index (χ0v) is 12.5. The number of carbonyl (C=O) groups is 1. The topological polar surface area (TPSA) is 32.3 Å². The average molecular weight is 283 g/mol. The molecule has 1 aliphatic rings. The number of hydrogen-bond donors (Lipinski definition) is 1. The van der Waals surface area contributed by atoms with Crippen LogP contribution in [0.4, 0.5) is 0 Å². The predicted molar refractivity (Wildman–Crippen MR) is 80.5 cm³/mol. The number of amides is 1. The van der Waals surface area contributed by atoms with E-state index in [0.717, 1.165) is 19.5 Å². The van der Waals surface area contributed by atoms with E-state index in [9.17, 15) is 4.79 Å². The fourth-order valence-corrected chi connectivity index (χ4v) is 2.35. The summed E-state index contributed by atoms with van der Waals surface area (Å²) in [7, 11) is 1.89. The van der Waals surface area contributed by atoms with Crippen LogP contribution in [0.2, 0.25) is 0 Å². The molecule has 1 fully saturated rings. The van der Waals surface area contributed by atoms with Crippen molar-refractivity contribution in [2.75, 3.05) is 20.1 Å². The van der Waals surface area contributed by atoms with Crippen LogP contribution in [0.15, 0.2) is 24.3 Å². The molecule has 4 heteroatoms. The van der Waals surface area contributed by atoms with Crippen molar-refractivity contribution in [2.45, 2.75) is 26.3 Å². The third-order valence-electron chi connectivity index (χ3n) is 3.59. The van der Waals surface area contributed by atoms with Gasteiger partial charge < -0.3 is 10.2 Å². The Kier molecular flexibility index (Phi) is 6.32. The maximum absolute atomic E-state index is 12.1. The van der Waals surface area contributed by atoms with Gasteiger partial charge in [-0.05, 0) is 37.9 Å². The molecule has 1 aliphatic heterocycles. The number of benzene rings is 1. The van der Waals surface area contributed by atoms with E-state index in [-0.39, 0.29) is 18.3 Å². The smallest absolute Gasteiger partial charge is 0.222 e. The second-order valence-electron chi connectivity index (χ2n) is 5.30. The molecule has 1 N–H and O–H groups in total. The van der Waals surface area contributed by atoms with Crippen molar-refractivity contribution in [3.05, 3.63) is 35.4 Å². The number of halogens is 1. The van der Waals surface area contributed by atoms with E-state index in [2.05, 4.69) is 36.5 Å². The van der Waals surface area contributed by atoms with Crippen LogP contribution in [-0.2, 0) is 11.3 Å². The second kappa shape index (κ2) is 7.51. The van der Waals surface area contributed by atoms with Gasteiger partial charge >= 0.3 is 0 Å². The number of rotatable bonds is 4. The van der Waals surface area contributed by atoms with Gasteiger partial charge in [0.25, 0.3) is 0 Å². The zero-order valence-electron chi connectivity index (χ0n) is 11.7. The number of hydrogen-bond acceptors (Lipinski definition) is 2. The van der Waals surface area contributed by atoms with Crippen LogP contribution in [0.1, 0.15) is 24.0 Å². The molecule has 1 unspecified atom stereocenters. The third kappa shape index (κ3) is 4.84. The molecule has 106 valence electrons. The fraction of sp³-hybridized carbons (Fsp3) is 0.533. The average Bonchev–Trinajstić information content (AvgIpc) is 2.85. The molecule has 1 heterocycles. The van der Waals surface area contributed by atoms with Crippen LogP contribution in [0.25, 0.3) is 0 Å². The van der Waals surface area contributed by atoms with Gasteiger partial charge in [0.2, 0.25) is 5.91 Å². The van der Waals surface area contributed by atoms with E-state index in [1.165, 1.54) is 11.1 Å². The van der Waals surface area contributed by atoms with E-state index in [1.807, 2.05) is 11.9 Å². The Labute approximate surface area is 121 Å². The first-order valence-corrected chi connectivity index (χ1v) is 6.65. The van der Waals surface area contributed by atoms with Crippen molar-refractivity contribution in [1.82, 2.24) is 10.2 Å². The van der Waals surface area contributed by atoms with Crippen molar-refractivity contribution in [1.29, 1.82) is 0 Å². The van der Waals surface area contributed by atoms with Crippen LogP contribution in [0.5, 0.6) is 0 Å². The van der Waals surface area contributed by atoms with Gasteiger partial charge in [-0.1, -0.05) is 29.8 Å². The zero-order chi connectivity index (χ0) is 13.0. The standard InChI is InChI=1S/C15H22N2O.ClH/c1-12-3-5-13(6-4-12)11-17(2)15(18)9-14-7-8-16-10-14;/h3-6,14,16H,7-11H2,1-2H3;1H. The molecule has 1 amide bonds. The Hall–Kier alpha value is -1.06. The van der Waals surface area contributed by atoms with Gasteiger partial charge in [-0.25, -0.2) is 0 Å². The van der Waals surface area contributed by atoms with E-state index < -0.39 is 0 Å². The van der Waals surface area contributed by atoms with E-state index in [1.54, 1.807) is 0 Å². The van der Waals surface area contributed by atoms with Crippen LogP contribution in [0, 0.1) is 12.8 Å². The van der Waals surface area contributed by atoms with Crippen molar-refractivity contribution in [2.24, 2.45) is 5.92 Å². The van der Waals surface area contributed by atoms with Crippen molar-refractivity contribution < 1.29 is 4.79 Å². The first-order valence-electron chi connectivity index (χ1n) is 6.65. The SMILES string of the molecule is Cc1ccc(CN(C)C(=O)CC2CCNC2)cc1.Cl. The minimum absolute atomic E-state index is 0. The number of carbonyl (C=O) groups excluding carboxylic acids is 1. The molecule has 0 aromatic heterocycles. The molecule has 0 bridgehead atoms. The number of aryl methyl sites for hydroxylation is 1. The third-order valence-corrected chi connectivity index (χ3v) is 3.59. The minimum atomic E-state index is 0.